The second-order valence-electron chi connectivity index (χ2n) is 3.84. The first-order chi connectivity index (χ1) is 7.56. The van der Waals surface area contributed by atoms with E-state index in [0.717, 1.165) is 5.56 Å². The maximum Gasteiger partial charge on any atom is 0.238 e. The fourth-order valence-electron chi connectivity index (χ4n) is 1.45. The Morgan fingerprint density at radius 3 is 2.50 bits per heavy atom. The van der Waals surface area contributed by atoms with Gasteiger partial charge in [-0.2, -0.15) is 0 Å². The third-order valence-corrected chi connectivity index (χ3v) is 2.95. The summed E-state index contributed by atoms with van der Waals surface area (Å²) >= 11 is 11.6. The minimum absolute atomic E-state index is 0.00261. The number of hydrogen-bond donors (Lipinski definition) is 0. The van der Waals surface area contributed by atoms with Crippen molar-refractivity contribution in [3.05, 3.63) is 34.9 Å². The monoisotopic (exact) mass is 259 g/mol. The highest BCUT2D eigenvalue weighted by molar-refractivity contribution is 6.31. The molecule has 0 aliphatic heterocycles. The van der Waals surface area contributed by atoms with Crippen molar-refractivity contribution in [3.8, 4) is 0 Å². The lowest BCUT2D eigenvalue weighted by Gasteiger charge is -2.26. The molecule has 16 heavy (non-hydrogen) atoms. The van der Waals surface area contributed by atoms with Crippen molar-refractivity contribution in [1.29, 1.82) is 0 Å². The molecule has 0 fully saturated rings. The summed E-state index contributed by atoms with van der Waals surface area (Å²) in [6.07, 6.45) is 0. The Balaban J connectivity index is 2.84. The molecule has 0 atom stereocenters. The summed E-state index contributed by atoms with van der Waals surface area (Å²) < 4.78 is 0. The smallest absolute Gasteiger partial charge is 0.238 e. The highest BCUT2D eigenvalue weighted by atomic mass is 35.5. The van der Waals surface area contributed by atoms with Crippen LogP contribution in [-0.2, 0) is 11.3 Å². The SMILES string of the molecule is CC(C)N(Cc1ccccc1Cl)C(=O)CCl. The Kier molecular flexibility index (Phi) is 5.10. The Bertz CT molecular complexity index is 366. The molecule has 0 unspecified atom stereocenters. The van der Waals surface area contributed by atoms with E-state index in [-0.39, 0.29) is 17.8 Å². The van der Waals surface area contributed by atoms with Gasteiger partial charge < -0.3 is 4.90 Å². The predicted molar refractivity (Wildman–Crippen MR) is 67.9 cm³/mol. The number of carbonyl (C=O) groups excluding carboxylic acids is 1. The number of nitrogens with zero attached hydrogens (tertiary/aromatic N) is 1. The van der Waals surface area contributed by atoms with Crippen LogP contribution in [0.5, 0.6) is 0 Å². The molecule has 1 rings (SSSR count). The van der Waals surface area contributed by atoms with Gasteiger partial charge in [0.1, 0.15) is 5.88 Å². The number of hydrogen-bond acceptors (Lipinski definition) is 1. The van der Waals surface area contributed by atoms with E-state index in [9.17, 15) is 4.79 Å². The largest absolute Gasteiger partial charge is 0.335 e. The molecular formula is C12H15Cl2NO. The van der Waals surface area contributed by atoms with Crippen LogP contribution < -0.4 is 0 Å². The molecular weight excluding hydrogens is 245 g/mol. The van der Waals surface area contributed by atoms with Gasteiger partial charge in [-0.05, 0) is 25.5 Å². The fraction of sp³-hybridized carbons (Fsp3) is 0.417. The zero-order chi connectivity index (χ0) is 12.1. The molecule has 0 N–H and O–H groups in total. The molecule has 0 bridgehead atoms. The standard InChI is InChI=1S/C12H15Cl2NO/c1-9(2)15(12(16)7-13)8-10-5-3-4-6-11(10)14/h3-6,9H,7-8H2,1-2H3. The van der Waals surface area contributed by atoms with E-state index in [0.29, 0.717) is 11.6 Å². The van der Waals surface area contributed by atoms with Gasteiger partial charge in [-0.25, -0.2) is 0 Å². The van der Waals surface area contributed by atoms with Crippen LogP contribution in [0, 0.1) is 0 Å². The van der Waals surface area contributed by atoms with Gasteiger partial charge in [0.05, 0.1) is 0 Å². The first-order valence-corrected chi connectivity index (χ1v) is 6.06. The molecule has 0 aromatic heterocycles. The summed E-state index contributed by atoms with van der Waals surface area (Å²) in [4.78, 5) is 13.3. The number of amides is 1. The lowest BCUT2D eigenvalue weighted by atomic mass is 10.2. The Labute approximate surface area is 106 Å². The van der Waals surface area contributed by atoms with Crippen molar-refractivity contribution in [2.24, 2.45) is 0 Å². The first kappa shape index (κ1) is 13.3. The number of carbonyl (C=O) groups is 1. The number of halogens is 2. The molecule has 0 aliphatic rings. The zero-order valence-corrected chi connectivity index (χ0v) is 10.9. The molecule has 4 heteroatoms. The summed E-state index contributed by atoms with van der Waals surface area (Å²) in [5, 5.41) is 0.676. The van der Waals surface area contributed by atoms with E-state index >= 15 is 0 Å². The quantitative estimate of drug-likeness (QED) is 0.760. The van der Waals surface area contributed by atoms with Crippen molar-refractivity contribution in [3.63, 3.8) is 0 Å². The summed E-state index contributed by atoms with van der Waals surface area (Å²) in [6, 6.07) is 7.63. The topological polar surface area (TPSA) is 20.3 Å². The average molecular weight is 260 g/mol. The van der Waals surface area contributed by atoms with Gasteiger partial charge in [-0.1, -0.05) is 29.8 Å². The summed E-state index contributed by atoms with van der Waals surface area (Å²) in [6.45, 7) is 4.42. The van der Waals surface area contributed by atoms with Crippen molar-refractivity contribution in [1.82, 2.24) is 4.90 Å². The van der Waals surface area contributed by atoms with Crippen LogP contribution in [-0.4, -0.2) is 22.7 Å². The van der Waals surface area contributed by atoms with Crippen LogP contribution in [0.1, 0.15) is 19.4 Å². The highest BCUT2D eigenvalue weighted by Crippen LogP contribution is 2.18. The van der Waals surface area contributed by atoms with E-state index in [1.807, 2.05) is 38.1 Å². The minimum Gasteiger partial charge on any atom is -0.335 e. The first-order valence-electron chi connectivity index (χ1n) is 5.15. The maximum absolute atomic E-state index is 11.6. The third kappa shape index (κ3) is 3.39. The molecule has 0 aliphatic carbocycles. The van der Waals surface area contributed by atoms with E-state index in [2.05, 4.69) is 0 Å². The molecule has 0 spiro atoms. The van der Waals surface area contributed by atoms with Crippen LogP contribution in [0.15, 0.2) is 24.3 Å². The second-order valence-corrected chi connectivity index (χ2v) is 4.51. The Morgan fingerprint density at radius 2 is 2.00 bits per heavy atom. The molecule has 0 radical (unpaired) electrons. The number of benzene rings is 1. The van der Waals surface area contributed by atoms with Gasteiger partial charge in [0.2, 0.25) is 5.91 Å². The molecule has 0 saturated carbocycles. The fourth-order valence-corrected chi connectivity index (χ4v) is 1.79. The predicted octanol–water partition coefficient (Wildman–Crippen LogP) is 3.32. The Morgan fingerprint density at radius 1 is 1.38 bits per heavy atom. The van der Waals surface area contributed by atoms with Gasteiger partial charge in [0, 0.05) is 17.6 Å². The van der Waals surface area contributed by atoms with Crippen LogP contribution in [0.25, 0.3) is 0 Å². The Hall–Kier alpha value is -0.730. The molecule has 1 aromatic carbocycles. The van der Waals surface area contributed by atoms with E-state index < -0.39 is 0 Å². The van der Waals surface area contributed by atoms with E-state index in [1.165, 1.54) is 0 Å². The second kappa shape index (κ2) is 6.12. The molecule has 0 saturated heterocycles. The van der Waals surface area contributed by atoms with Gasteiger partial charge in [-0.3, -0.25) is 4.79 Å². The van der Waals surface area contributed by atoms with Gasteiger partial charge in [-0.15, -0.1) is 11.6 Å². The minimum atomic E-state index is -0.0726. The van der Waals surface area contributed by atoms with Gasteiger partial charge >= 0.3 is 0 Å². The third-order valence-electron chi connectivity index (χ3n) is 2.36. The highest BCUT2D eigenvalue weighted by Gasteiger charge is 2.16. The van der Waals surface area contributed by atoms with Crippen LogP contribution in [0.2, 0.25) is 5.02 Å². The van der Waals surface area contributed by atoms with Crippen molar-refractivity contribution in [2.75, 3.05) is 5.88 Å². The normalized spacial score (nSPS) is 10.6. The van der Waals surface area contributed by atoms with E-state index in [1.54, 1.807) is 4.90 Å². The van der Waals surface area contributed by atoms with Gasteiger partial charge in [0.25, 0.3) is 0 Å². The van der Waals surface area contributed by atoms with E-state index in [4.69, 9.17) is 23.2 Å². The lowest BCUT2D eigenvalue weighted by Crippen LogP contribution is -2.37. The molecule has 1 aromatic rings. The summed E-state index contributed by atoms with van der Waals surface area (Å²) in [7, 11) is 0. The summed E-state index contributed by atoms with van der Waals surface area (Å²) in [5.41, 5.74) is 0.941. The van der Waals surface area contributed by atoms with Crippen molar-refractivity contribution < 1.29 is 4.79 Å². The van der Waals surface area contributed by atoms with Crippen LogP contribution >= 0.6 is 23.2 Å². The van der Waals surface area contributed by atoms with Crippen molar-refractivity contribution >= 4 is 29.1 Å². The number of alkyl halides is 1. The summed E-state index contributed by atoms with van der Waals surface area (Å²) in [5.74, 6) is -0.0700. The average Bonchev–Trinajstić information content (AvgIpc) is 2.26. The molecule has 1 amide bonds. The lowest BCUT2D eigenvalue weighted by molar-refractivity contribution is -0.130. The molecule has 0 heterocycles. The number of rotatable bonds is 4. The molecule has 88 valence electrons. The van der Waals surface area contributed by atoms with Crippen LogP contribution in [0.4, 0.5) is 0 Å². The maximum atomic E-state index is 11.6. The van der Waals surface area contributed by atoms with Crippen LogP contribution in [0.3, 0.4) is 0 Å². The zero-order valence-electron chi connectivity index (χ0n) is 9.41. The van der Waals surface area contributed by atoms with Crippen molar-refractivity contribution in [2.45, 2.75) is 26.4 Å². The van der Waals surface area contributed by atoms with Gasteiger partial charge in [0.15, 0.2) is 0 Å². The molecule has 2 nitrogen and oxygen atoms in total.